The predicted octanol–water partition coefficient (Wildman–Crippen LogP) is 4.44. The largest absolute Gasteiger partial charge is 0.493 e. The molecular weight excluding hydrogens is 333 g/mol. The van der Waals surface area contributed by atoms with Gasteiger partial charge in [0.15, 0.2) is 11.5 Å². The van der Waals surface area contributed by atoms with Crippen molar-refractivity contribution < 1.29 is 18.3 Å². The van der Waals surface area contributed by atoms with Crippen molar-refractivity contribution in [2.45, 2.75) is 13.0 Å². The van der Waals surface area contributed by atoms with Crippen LogP contribution >= 0.6 is 0 Å². The third-order valence-electron chi connectivity index (χ3n) is 4.13. The van der Waals surface area contributed by atoms with Gasteiger partial charge in [-0.2, -0.15) is 0 Å². The number of hydrogen-bond donors (Lipinski definition) is 1. The summed E-state index contributed by atoms with van der Waals surface area (Å²) in [5.41, 5.74) is 2.03. The zero-order chi connectivity index (χ0) is 18.4. The molecule has 5 heteroatoms. The van der Waals surface area contributed by atoms with Crippen LogP contribution in [-0.4, -0.2) is 20.8 Å². The molecule has 1 aromatic heterocycles. The monoisotopic (exact) mass is 355 g/mol. The molecule has 0 amide bonds. The van der Waals surface area contributed by atoms with Crippen LogP contribution < -0.4 is 14.8 Å². The van der Waals surface area contributed by atoms with E-state index in [4.69, 9.17) is 13.9 Å². The molecule has 0 saturated heterocycles. The van der Waals surface area contributed by atoms with Gasteiger partial charge in [0.05, 0.1) is 20.8 Å². The average molecular weight is 355 g/mol. The second-order valence-electron chi connectivity index (χ2n) is 5.89. The molecule has 3 aromatic rings. The summed E-state index contributed by atoms with van der Waals surface area (Å²) in [5, 5.41) is 3.36. The van der Waals surface area contributed by atoms with E-state index < -0.39 is 0 Å². The summed E-state index contributed by atoms with van der Waals surface area (Å²) < 4.78 is 29.4. The molecule has 0 aliphatic rings. The molecule has 3 rings (SSSR count). The molecule has 1 heterocycles. The smallest absolute Gasteiger partial charge is 0.160 e. The van der Waals surface area contributed by atoms with Crippen molar-refractivity contribution in [2.24, 2.45) is 0 Å². The highest BCUT2D eigenvalue weighted by molar-refractivity contribution is 5.57. The van der Waals surface area contributed by atoms with Gasteiger partial charge in [0.1, 0.15) is 17.3 Å². The second-order valence-corrected chi connectivity index (χ2v) is 5.89. The summed E-state index contributed by atoms with van der Waals surface area (Å²) in [6, 6.07) is 16.0. The Morgan fingerprint density at radius 2 is 1.69 bits per heavy atom. The van der Waals surface area contributed by atoms with Crippen LogP contribution in [0.4, 0.5) is 4.39 Å². The minimum Gasteiger partial charge on any atom is -0.493 e. The lowest BCUT2D eigenvalue weighted by Gasteiger charge is -2.09. The molecule has 4 nitrogen and oxygen atoms in total. The zero-order valence-corrected chi connectivity index (χ0v) is 14.9. The van der Waals surface area contributed by atoms with E-state index >= 15 is 0 Å². The molecular formula is C21H22FNO3. The normalized spacial score (nSPS) is 10.7. The molecule has 26 heavy (non-hydrogen) atoms. The lowest BCUT2D eigenvalue weighted by Crippen LogP contribution is -2.16. The Labute approximate surface area is 152 Å². The molecule has 0 bridgehead atoms. The average Bonchev–Trinajstić information content (AvgIpc) is 3.14. The van der Waals surface area contributed by atoms with Gasteiger partial charge in [-0.05, 0) is 67.1 Å². The minimum atomic E-state index is -0.252. The lowest BCUT2D eigenvalue weighted by molar-refractivity contribution is 0.354. The van der Waals surface area contributed by atoms with Gasteiger partial charge in [-0.3, -0.25) is 0 Å². The van der Waals surface area contributed by atoms with Crippen LogP contribution in [0.2, 0.25) is 0 Å². The van der Waals surface area contributed by atoms with Crippen molar-refractivity contribution in [3.8, 4) is 22.8 Å². The third kappa shape index (κ3) is 4.43. The molecule has 136 valence electrons. The Kier molecular flexibility index (Phi) is 5.92. The molecule has 1 N–H and O–H groups in total. The van der Waals surface area contributed by atoms with Crippen LogP contribution in [0.15, 0.2) is 59.0 Å². The topological polar surface area (TPSA) is 43.6 Å². The van der Waals surface area contributed by atoms with Crippen LogP contribution in [0.25, 0.3) is 11.3 Å². The number of ether oxygens (including phenoxy) is 2. The summed E-state index contributed by atoms with van der Waals surface area (Å²) in [7, 11) is 3.26. The number of halogens is 1. The van der Waals surface area contributed by atoms with Crippen LogP contribution in [0.5, 0.6) is 11.5 Å². The van der Waals surface area contributed by atoms with Crippen LogP contribution in [0.1, 0.15) is 11.3 Å². The number of rotatable bonds is 8. The van der Waals surface area contributed by atoms with Gasteiger partial charge >= 0.3 is 0 Å². The van der Waals surface area contributed by atoms with E-state index in [1.807, 2.05) is 30.3 Å². The first-order valence-corrected chi connectivity index (χ1v) is 8.46. The standard InChI is InChI=1S/C21H22FNO3/c1-24-20-9-3-15(13-21(20)25-2)11-12-23-14-18-8-10-19(26-18)16-4-6-17(22)7-5-16/h3-10,13,23H,11-12,14H2,1-2H3. The fourth-order valence-electron chi connectivity index (χ4n) is 2.72. The number of methoxy groups -OCH3 is 2. The van der Waals surface area contributed by atoms with Crippen LogP contribution in [0, 0.1) is 5.82 Å². The third-order valence-corrected chi connectivity index (χ3v) is 4.13. The Hall–Kier alpha value is -2.79. The van der Waals surface area contributed by atoms with E-state index in [1.165, 1.54) is 17.7 Å². The number of hydrogen-bond acceptors (Lipinski definition) is 4. The van der Waals surface area contributed by atoms with Crippen molar-refractivity contribution in [2.75, 3.05) is 20.8 Å². The number of nitrogens with one attached hydrogen (secondary N) is 1. The Bertz CT molecular complexity index is 843. The fraction of sp³-hybridized carbons (Fsp3) is 0.238. The molecule has 2 aromatic carbocycles. The molecule has 0 radical (unpaired) electrons. The van der Waals surface area contributed by atoms with Gasteiger partial charge in [0.25, 0.3) is 0 Å². The first-order chi connectivity index (χ1) is 12.7. The Morgan fingerprint density at radius 1 is 0.923 bits per heavy atom. The van der Waals surface area contributed by atoms with Gasteiger partial charge in [-0.1, -0.05) is 6.07 Å². The summed E-state index contributed by atoms with van der Waals surface area (Å²) >= 11 is 0. The van der Waals surface area contributed by atoms with Crippen molar-refractivity contribution in [3.05, 3.63) is 71.7 Å². The highest BCUT2D eigenvalue weighted by Gasteiger charge is 2.06. The van der Waals surface area contributed by atoms with Gasteiger partial charge in [-0.25, -0.2) is 4.39 Å². The van der Waals surface area contributed by atoms with Crippen molar-refractivity contribution in [1.29, 1.82) is 0 Å². The van der Waals surface area contributed by atoms with Crippen molar-refractivity contribution in [3.63, 3.8) is 0 Å². The minimum absolute atomic E-state index is 0.252. The summed E-state index contributed by atoms with van der Waals surface area (Å²) in [6.45, 7) is 1.44. The second kappa shape index (κ2) is 8.54. The van der Waals surface area contributed by atoms with Gasteiger partial charge < -0.3 is 19.2 Å². The molecule has 0 unspecified atom stereocenters. The zero-order valence-electron chi connectivity index (χ0n) is 14.9. The SMILES string of the molecule is COc1ccc(CCNCc2ccc(-c3ccc(F)cc3)o2)cc1OC. The predicted molar refractivity (Wildman–Crippen MR) is 99.1 cm³/mol. The quantitative estimate of drug-likeness (QED) is 0.607. The van der Waals surface area contributed by atoms with E-state index in [0.717, 1.165) is 41.5 Å². The first kappa shape index (κ1) is 18.0. The molecule has 0 spiro atoms. The van der Waals surface area contributed by atoms with E-state index in [9.17, 15) is 4.39 Å². The number of benzene rings is 2. The van der Waals surface area contributed by atoms with Gasteiger partial charge in [-0.15, -0.1) is 0 Å². The van der Waals surface area contributed by atoms with Crippen molar-refractivity contribution in [1.82, 2.24) is 5.32 Å². The summed E-state index contributed by atoms with van der Waals surface area (Å²) in [6.07, 6.45) is 0.867. The van der Waals surface area contributed by atoms with E-state index in [1.54, 1.807) is 26.4 Å². The summed E-state index contributed by atoms with van der Waals surface area (Å²) in [4.78, 5) is 0. The molecule has 0 saturated carbocycles. The highest BCUT2D eigenvalue weighted by Crippen LogP contribution is 2.27. The van der Waals surface area contributed by atoms with Gasteiger partial charge in [0.2, 0.25) is 0 Å². The molecule has 0 aliphatic carbocycles. The van der Waals surface area contributed by atoms with Crippen molar-refractivity contribution >= 4 is 0 Å². The van der Waals surface area contributed by atoms with E-state index in [0.29, 0.717) is 6.54 Å². The fourth-order valence-corrected chi connectivity index (χ4v) is 2.72. The molecule has 0 aliphatic heterocycles. The van der Waals surface area contributed by atoms with Crippen LogP contribution in [0.3, 0.4) is 0 Å². The maximum Gasteiger partial charge on any atom is 0.160 e. The Morgan fingerprint density at radius 3 is 2.42 bits per heavy atom. The lowest BCUT2D eigenvalue weighted by atomic mass is 10.1. The highest BCUT2D eigenvalue weighted by atomic mass is 19.1. The maximum atomic E-state index is 13.0. The van der Waals surface area contributed by atoms with E-state index in [2.05, 4.69) is 5.32 Å². The molecule has 0 atom stereocenters. The van der Waals surface area contributed by atoms with E-state index in [-0.39, 0.29) is 5.82 Å². The van der Waals surface area contributed by atoms with Gasteiger partial charge in [0, 0.05) is 5.56 Å². The Balaban J connectivity index is 1.50. The maximum absolute atomic E-state index is 13.0. The summed E-state index contributed by atoms with van der Waals surface area (Å²) in [5.74, 6) is 2.80. The first-order valence-electron chi connectivity index (χ1n) is 8.46. The van der Waals surface area contributed by atoms with Crippen LogP contribution in [-0.2, 0) is 13.0 Å². The number of furan rings is 1. The molecule has 0 fully saturated rings.